The Hall–Kier alpha value is -1.03. The molecule has 0 spiro atoms. The van der Waals surface area contributed by atoms with Crippen molar-refractivity contribution in [3.63, 3.8) is 0 Å². The standard InChI is InChI=1S/C12H20N2O2/c1-2-3-9-16-10-8-13-6-7-14(12(13)15)11-4-5-11/h6-7,11H,2-5,8-10H2,1H3. The van der Waals surface area contributed by atoms with Crippen LogP contribution in [0.2, 0.25) is 0 Å². The molecule has 0 unspecified atom stereocenters. The van der Waals surface area contributed by atoms with Crippen LogP contribution >= 0.6 is 0 Å². The lowest BCUT2D eigenvalue weighted by atomic mass is 10.4. The van der Waals surface area contributed by atoms with E-state index in [0.29, 0.717) is 19.2 Å². The van der Waals surface area contributed by atoms with E-state index in [2.05, 4.69) is 6.92 Å². The predicted molar refractivity (Wildman–Crippen MR) is 62.7 cm³/mol. The van der Waals surface area contributed by atoms with Crippen LogP contribution in [-0.4, -0.2) is 22.3 Å². The Morgan fingerprint density at radius 1 is 1.38 bits per heavy atom. The molecule has 0 bridgehead atoms. The molecular formula is C12H20N2O2. The second kappa shape index (κ2) is 5.34. The third kappa shape index (κ3) is 2.76. The van der Waals surface area contributed by atoms with E-state index < -0.39 is 0 Å². The average molecular weight is 224 g/mol. The van der Waals surface area contributed by atoms with E-state index in [-0.39, 0.29) is 5.69 Å². The highest BCUT2D eigenvalue weighted by Gasteiger charge is 2.25. The number of ether oxygens (including phenoxy) is 1. The summed E-state index contributed by atoms with van der Waals surface area (Å²) in [5.74, 6) is 0. The van der Waals surface area contributed by atoms with E-state index in [9.17, 15) is 4.79 Å². The lowest BCUT2D eigenvalue weighted by Gasteiger charge is -2.03. The van der Waals surface area contributed by atoms with E-state index in [4.69, 9.17) is 4.74 Å². The highest BCUT2D eigenvalue weighted by atomic mass is 16.5. The molecule has 4 heteroatoms. The average Bonchev–Trinajstić information content (AvgIpc) is 3.05. The maximum absolute atomic E-state index is 11.8. The fraction of sp³-hybridized carbons (Fsp3) is 0.750. The molecule has 4 nitrogen and oxygen atoms in total. The fourth-order valence-electron chi connectivity index (χ4n) is 1.74. The summed E-state index contributed by atoms with van der Waals surface area (Å²) < 4.78 is 9.03. The topological polar surface area (TPSA) is 36.2 Å². The van der Waals surface area contributed by atoms with Gasteiger partial charge in [-0.1, -0.05) is 13.3 Å². The van der Waals surface area contributed by atoms with Gasteiger partial charge in [0.1, 0.15) is 0 Å². The monoisotopic (exact) mass is 224 g/mol. The third-order valence-electron chi connectivity index (χ3n) is 2.93. The molecular weight excluding hydrogens is 204 g/mol. The van der Waals surface area contributed by atoms with Crippen molar-refractivity contribution in [2.75, 3.05) is 13.2 Å². The van der Waals surface area contributed by atoms with Crippen LogP contribution in [0.1, 0.15) is 38.6 Å². The molecule has 16 heavy (non-hydrogen) atoms. The molecule has 90 valence electrons. The predicted octanol–water partition coefficient (Wildman–Crippen LogP) is 1.80. The van der Waals surface area contributed by atoms with E-state index in [0.717, 1.165) is 32.3 Å². The number of imidazole rings is 1. The van der Waals surface area contributed by atoms with Crippen LogP contribution in [0.25, 0.3) is 0 Å². The van der Waals surface area contributed by atoms with Crippen LogP contribution in [0.5, 0.6) is 0 Å². The second-order valence-electron chi connectivity index (χ2n) is 4.38. The summed E-state index contributed by atoms with van der Waals surface area (Å²) in [7, 11) is 0. The highest BCUT2D eigenvalue weighted by molar-refractivity contribution is 4.91. The summed E-state index contributed by atoms with van der Waals surface area (Å²) in [6, 6.07) is 0.467. The van der Waals surface area contributed by atoms with Gasteiger partial charge in [-0.2, -0.15) is 0 Å². The van der Waals surface area contributed by atoms with E-state index >= 15 is 0 Å². The van der Waals surface area contributed by atoms with Crippen molar-refractivity contribution in [3.05, 3.63) is 22.9 Å². The van der Waals surface area contributed by atoms with Gasteiger partial charge in [-0.3, -0.25) is 9.13 Å². The van der Waals surface area contributed by atoms with Crippen molar-refractivity contribution in [3.8, 4) is 0 Å². The van der Waals surface area contributed by atoms with Crippen molar-refractivity contribution in [1.82, 2.24) is 9.13 Å². The molecule has 1 heterocycles. The van der Waals surface area contributed by atoms with E-state index in [1.807, 2.05) is 17.0 Å². The van der Waals surface area contributed by atoms with Gasteiger partial charge < -0.3 is 4.74 Å². The maximum Gasteiger partial charge on any atom is 0.328 e. The Morgan fingerprint density at radius 3 is 2.88 bits per heavy atom. The smallest absolute Gasteiger partial charge is 0.328 e. The van der Waals surface area contributed by atoms with Gasteiger partial charge in [0.15, 0.2) is 0 Å². The van der Waals surface area contributed by atoms with Crippen molar-refractivity contribution in [2.45, 2.75) is 45.2 Å². The number of hydrogen-bond acceptors (Lipinski definition) is 2. The van der Waals surface area contributed by atoms with Gasteiger partial charge in [0.05, 0.1) is 13.2 Å². The SMILES string of the molecule is CCCCOCCn1ccn(C2CC2)c1=O. The van der Waals surface area contributed by atoms with Crippen LogP contribution in [0.4, 0.5) is 0 Å². The number of unbranched alkanes of at least 4 members (excludes halogenated alkanes) is 1. The summed E-state index contributed by atoms with van der Waals surface area (Å²) in [4.78, 5) is 11.8. The first-order chi connectivity index (χ1) is 7.83. The Bertz CT molecular complexity index is 377. The van der Waals surface area contributed by atoms with Gasteiger partial charge in [0, 0.05) is 25.0 Å². The number of nitrogens with zero attached hydrogens (tertiary/aromatic N) is 2. The Morgan fingerprint density at radius 2 is 2.19 bits per heavy atom. The molecule has 0 amide bonds. The molecule has 1 aliphatic rings. The van der Waals surface area contributed by atoms with Gasteiger partial charge >= 0.3 is 5.69 Å². The normalized spacial score (nSPS) is 15.6. The Balaban J connectivity index is 1.78. The summed E-state index contributed by atoms with van der Waals surface area (Å²) in [6.45, 7) is 4.25. The van der Waals surface area contributed by atoms with E-state index in [1.165, 1.54) is 0 Å². The van der Waals surface area contributed by atoms with Gasteiger partial charge in [-0.15, -0.1) is 0 Å². The van der Waals surface area contributed by atoms with Crippen LogP contribution in [0.3, 0.4) is 0 Å². The molecule has 0 aromatic carbocycles. The van der Waals surface area contributed by atoms with Crippen LogP contribution in [0, 0.1) is 0 Å². The lowest BCUT2D eigenvalue weighted by Crippen LogP contribution is -2.25. The minimum Gasteiger partial charge on any atom is -0.380 e. The van der Waals surface area contributed by atoms with Gasteiger partial charge in [-0.05, 0) is 19.3 Å². The van der Waals surface area contributed by atoms with Crippen molar-refractivity contribution in [2.24, 2.45) is 0 Å². The number of aromatic nitrogens is 2. The molecule has 0 radical (unpaired) electrons. The summed E-state index contributed by atoms with van der Waals surface area (Å²) in [5.41, 5.74) is 0.113. The summed E-state index contributed by atoms with van der Waals surface area (Å²) in [6.07, 6.45) is 8.31. The summed E-state index contributed by atoms with van der Waals surface area (Å²) >= 11 is 0. The van der Waals surface area contributed by atoms with Crippen LogP contribution in [0.15, 0.2) is 17.2 Å². The fourth-order valence-corrected chi connectivity index (χ4v) is 1.74. The van der Waals surface area contributed by atoms with Crippen molar-refractivity contribution < 1.29 is 4.74 Å². The molecule has 1 aromatic rings. The minimum absolute atomic E-state index is 0.113. The zero-order valence-corrected chi connectivity index (χ0v) is 9.89. The molecule has 1 aromatic heterocycles. The molecule has 1 aliphatic carbocycles. The zero-order chi connectivity index (χ0) is 11.4. The minimum atomic E-state index is 0.113. The molecule has 0 N–H and O–H groups in total. The quantitative estimate of drug-likeness (QED) is 0.662. The first-order valence-corrected chi connectivity index (χ1v) is 6.18. The van der Waals surface area contributed by atoms with Gasteiger partial charge in [0.2, 0.25) is 0 Å². The van der Waals surface area contributed by atoms with Crippen LogP contribution < -0.4 is 5.69 Å². The molecule has 1 fully saturated rings. The first kappa shape index (κ1) is 11.5. The molecule has 0 aliphatic heterocycles. The van der Waals surface area contributed by atoms with Crippen molar-refractivity contribution in [1.29, 1.82) is 0 Å². The number of rotatable bonds is 7. The molecule has 1 saturated carbocycles. The Labute approximate surface area is 95.8 Å². The maximum atomic E-state index is 11.8. The molecule has 0 saturated heterocycles. The van der Waals surface area contributed by atoms with Crippen molar-refractivity contribution >= 4 is 0 Å². The molecule has 0 atom stereocenters. The lowest BCUT2D eigenvalue weighted by molar-refractivity contribution is 0.122. The Kier molecular flexibility index (Phi) is 3.83. The highest BCUT2D eigenvalue weighted by Crippen LogP contribution is 2.33. The summed E-state index contributed by atoms with van der Waals surface area (Å²) in [5, 5.41) is 0. The third-order valence-corrected chi connectivity index (χ3v) is 2.93. The number of hydrogen-bond donors (Lipinski definition) is 0. The largest absolute Gasteiger partial charge is 0.380 e. The van der Waals surface area contributed by atoms with E-state index in [1.54, 1.807) is 4.57 Å². The van der Waals surface area contributed by atoms with Gasteiger partial charge in [0.25, 0.3) is 0 Å². The van der Waals surface area contributed by atoms with Crippen LogP contribution in [-0.2, 0) is 11.3 Å². The van der Waals surface area contributed by atoms with Gasteiger partial charge in [-0.25, -0.2) is 4.79 Å². The zero-order valence-electron chi connectivity index (χ0n) is 9.89. The second-order valence-corrected chi connectivity index (χ2v) is 4.38. The first-order valence-electron chi connectivity index (χ1n) is 6.18. The molecule has 2 rings (SSSR count).